The molecule has 1 saturated heterocycles. The van der Waals surface area contributed by atoms with Gasteiger partial charge in [0.05, 0.1) is 58.4 Å². The molecule has 0 spiro atoms. The van der Waals surface area contributed by atoms with Crippen LogP contribution in [0.4, 0.5) is 0 Å². The van der Waals surface area contributed by atoms with Gasteiger partial charge in [0.15, 0.2) is 4.90 Å². The molecule has 13 heteroatoms. The molecule has 0 saturated carbocycles. The maximum absolute atomic E-state index is 13.1. The number of imide groups is 2. The van der Waals surface area contributed by atoms with E-state index in [4.69, 9.17) is 18.9 Å². The van der Waals surface area contributed by atoms with Crippen LogP contribution in [0.5, 0.6) is 0 Å². The summed E-state index contributed by atoms with van der Waals surface area (Å²) in [7, 11) is 0. The van der Waals surface area contributed by atoms with E-state index in [1.54, 1.807) is 6.07 Å². The molecule has 1 aromatic carbocycles. The molecule has 0 aromatic heterocycles. The quantitative estimate of drug-likeness (QED) is 0.127. The molecule has 4 amide bonds. The fourth-order valence-corrected chi connectivity index (χ4v) is 5.11. The lowest BCUT2D eigenvalue weighted by Crippen LogP contribution is -2.54. The number of rotatable bonds is 16. The Balaban J connectivity index is 1.41. The normalized spacial score (nSPS) is 18.5. The van der Waals surface area contributed by atoms with Crippen LogP contribution in [0.1, 0.15) is 33.6 Å². The zero-order valence-electron chi connectivity index (χ0n) is 19.7. The number of hydrogen-bond donors (Lipinski definition) is 1. The molecule has 2 heterocycles. The number of piperidine rings is 1. The van der Waals surface area contributed by atoms with Crippen molar-refractivity contribution in [1.82, 2.24) is 10.2 Å². The summed E-state index contributed by atoms with van der Waals surface area (Å²) in [6.45, 7) is 3.37. The topological polar surface area (TPSA) is 144 Å². The third-order valence-corrected chi connectivity index (χ3v) is 7.12. The van der Waals surface area contributed by atoms with Crippen LogP contribution < -0.4 is 5.32 Å². The van der Waals surface area contributed by atoms with E-state index in [1.165, 1.54) is 12.1 Å². The fraction of sp³-hybridized carbons (Fsp3) is 0.565. The Labute approximate surface area is 220 Å². The Bertz CT molecular complexity index is 948. The van der Waals surface area contributed by atoms with Crippen LogP contribution in [0.15, 0.2) is 23.1 Å². The van der Waals surface area contributed by atoms with E-state index in [2.05, 4.69) is 21.2 Å². The predicted molar refractivity (Wildman–Crippen MR) is 131 cm³/mol. The lowest BCUT2D eigenvalue weighted by molar-refractivity contribution is -0.136. The van der Waals surface area contributed by atoms with Crippen molar-refractivity contribution in [3.8, 4) is 0 Å². The van der Waals surface area contributed by atoms with Gasteiger partial charge in [0.2, 0.25) is 11.8 Å². The Hall–Kier alpha value is -1.87. The van der Waals surface area contributed by atoms with Crippen molar-refractivity contribution in [2.75, 3.05) is 63.9 Å². The van der Waals surface area contributed by atoms with Crippen molar-refractivity contribution in [3.05, 3.63) is 29.3 Å². The molecule has 2 aliphatic rings. The van der Waals surface area contributed by atoms with Crippen molar-refractivity contribution in [2.24, 2.45) is 0 Å². The number of nitrogens with one attached hydrogen (secondary N) is 1. The molecular weight excluding hydrogens is 560 g/mol. The van der Waals surface area contributed by atoms with E-state index in [0.29, 0.717) is 46.2 Å². The van der Waals surface area contributed by atoms with E-state index < -0.39 is 40.8 Å². The summed E-state index contributed by atoms with van der Waals surface area (Å²) in [5, 5.41) is 2.95. The Morgan fingerprint density at radius 1 is 0.917 bits per heavy atom. The number of halogens is 1. The van der Waals surface area contributed by atoms with Crippen LogP contribution in [-0.4, -0.2) is 103 Å². The first-order chi connectivity index (χ1) is 17.5. The minimum atomic E-state index is -1.61. The van der Waals surface area contributed by atoms with Gasteiger partial charge >= 0.3 is 0 Å². The Morgan fingerprint density at radius 2 is 1.53 bits per heavy atom. The lowest BCUT2D eigenvalue weighted by atomic mass is 10.0. The number of carbonyl (C=O) groups is 4. The first-order valence-corrected chi connectivity index (χ1v) is 14.0. The minimum absolute atomic E-state index is 0.0310. The molecule has 1 fully saturated rings. The monoisotopic (exact) mass is 588 g/mol. The highest BCUT2D eigenvalue weighted by molar-refractivity contribution is 9.09. The van der Waals surface area contributed by atoms with Crippen LogP contribution in [0.3, 0.4) is 0 Å². The summed E-state index contributed by atoms with van der Waals surface area (Å²) >= 11 is 1.67. The van der Waals surface area contributed by atoms with Crippen LogP contribution in [-0.2, 0) is 39.7 Å². The summed E-state index contributed by atoms with van der Waals surface area (Å²) in [6.07, 6.45) is 0.0889. The van der Waals surface area contributed by atoms with Gasteiger partial charge in [-0.15, -0.1) is 0 Å². The van der Waals surface area contributed by atoms with Crippen molar-refractivity contribution in [2.45, 2.75) is 23.8 Å². The zero-order valence-corrected chi connectivity index (χ0v) is 22.1. The standard InChI is InChI=1S/C23H29BrN2O9S/c24-6-7-32-8-9-33-10-11-34-12-13-35-14-15-36(31)18-3-1-2-16-20(18)23(30)26(22(16)29)17-4-5-19(27)25-21(17)28/h1-3,17H,4-15H2,(H,25,27,28). The van der Waals surface area contributed by atoms with Gasteiger partial charge in [0.25, 0.3) is 11.8 Å². The second-order valence-corrected chi connectivity index (χ2v) is 10.1. The van der Waals surface area contributed by atoms with Gasteiger partial charge in [-0.1, -0.05) is 22.0 Å². The zero-order chi connectivity index (χ0) is 25.9. The van der Waals surface area contributed by atoms with E-state index in [9.17, 15) is 23.7 Å². The highest BCUT2D eigenvalue weighted by Crippen LogP contribution is 2.32. The molecule has 11 nitrogen and oxygen atoms in total. The number of alkyl halides is 1. The van der Waals surface area contributed by atoms with Crippen LogP contribution in [0.2, 0.25) is 0 Å². The highest BCUT2D eigenvalue weighted by atomic mass is 79.9. The Kier molecular flexibility index (Phi) is 11.8. The van der Waals surface area contributed by atoms with Crippen LogP contribution in [0, 0.1) is 0 Å². The van der Waals surface area contributed by atoms with Gasteiger partial charge in [-0.05, 0) is 29.7 Å². The molecule has 0 bridgehead atoms. The molecule has 1 aromatic rings. The smallest absolute Gasteiger partial charge is 0.267 e. The maximum Gasteiger partial charge on any atom is 0.267 e. The second-order valence-electron chi connectivity index (χ2n) is 7.81. The van der Waals surface area contributed by atoms with Gasteiger partial charge in [-0.3, -0.25) is 29.4 Å². The molecule has 1 N–H and O–H groups in total. The van der Waals surface area contributed by atoms with Crippen LogP contribution >= 0.6 is 15.9 Å². The van der Waals surface area contributed by atoms with Crippen molar-refractivity contribution in [3.63, 3.8) is 0 Å². The van der Waals surface area contributed by atoms with Crippen molar-refractivity contribution in [1.29, 1.82) is 0 Å². The predicted octanol–water partition coefficient (Wildman–Crippen LogP) is 0.657. The molecule has 2 atom stereocenters. The number of ether oxygens (including phenoxy) is 4. The maximum atomic E-state index is 13.1. The number of fused-ring (bicyclic) bond motifs is 1. The third-order valence-electron chi connectivity index (χ3n) is 5.43. The first kappa shape index (κ1) is 28.7. The molecule has 2 unspecified atom stereocenters. The molecule has 198 valence electrons. The largest absolute Gasteiger partial charge is 0.611 e. The van der Waals surface area contributed by atoms with E-state index in [1.807, 2.05) is 0 Å². The van der Waals surface area contributed by atoms with Gasteiger partial charge in [0, 0.05) is 11.8 Å². The van der Waals surface area contributed by atoms with E-state index in [-0.39, 0.29) is 41.2 Å². The molecule has 0 aliphatic carbocycles. The van der Waals surface area contributed by atoms with Gasteiger partial charge in [0.1, 0.15) is 17.4 Å². The van der Waals surface area contributed by atoms with Gasteiger partial charge in [-0.25, -0.2) is 0 Å². The Morgan fingerprint density at radius 3 is 2.14 bits per heavy atom. The highest BCUT2D eigenvalue weighted by Gasteiger charge is 2.47. The van der Waals surface area contributed by atoms with E-state index >= 15 is 0 Å². The first-order valence-electron chi connectivity index (χ1n) is 11.6. The lowest BCUT2D eigenvalue weighted by Gasteiger charge is -2.27. The van der Waals surface area contributed by atoms with Gasteiger partial charge in [-0.2, -0.15) is 0 Å². The van der Waals surface area contributed by atoms with E-state index in [0.717, 1.165) is 10.2 Å². The molecular formula is C23H29BrN2O9S. The van der Waals surface area contributed by atoms with Crippen molar-refractivity contribution < 1.29 is 42.7 Å². The van der Waals surface area contributed by atoms with Crippen molar-refractivity contribution >= 4 is 50.7 Å². The third kappa shape index (κ3) is 7.57. The number of hydrogen-bond acceptors (Lipinski definition) is 9. The number of benzene rings is 1. The summed E-state index contributed by atoms with van der Waals surface area (Å²) in [4.78, 5) is 50.7. The second kappa shape index (κ2) is 14.8. The number of amides is 4. The average molecular weight is 589 g/mol. The van der Waals surface area contributed by atoms with Gasteiger partial charge < -0.3 is 23.5 Å². The van der Waals surface area contributed by atoms with Crippen LogP contribution in [0.25, 0.3) is 0 Å². The average Bonchev–Trinajstić information content (AvgIpc) is 3.12. The molecule has 3 rings (SSSR count). The summed E-state index contributed by atoms with van der Waals surface area (Å²) in [5.74, 6) is -2.33. The fourth-order valence-electron chi connectivity index (χ4n) is 3.73. The number of nitrogens with zero attached hydrogens (tertiary/aromatic N) is 1. The summed E-state index contributed by atoms with van der Waals surface area (Å²) in [6, 6.07) is 3.48. The molecule has 0 radical (unpaired) electrons. The molecule has 2 aliphatic heterocycles. The minimum Gasteiger partial charge on any atom is -0.611 e. The number of carbonyl (C=O) groups excluding carboxylic acids is 4. The summed E-state index contributed by atoms with van der Waals surface area (Å²) in [5.41, 5.74) is 0.133. The molecule has 36 heavy (non-hydrogen) atoms. The summed E-state index contributed by atoms with van der Waals surface area (Å²) < 4.78 is 34.4. The SMILES string of the molecule is O=C1CCC(N2C(=O)c3cccc([S+]([O-])CCOCCOCCOCCOCCBr)c3C2=O)C(=O)N1.